The number of aryl methyl sites for hydroxylation is 1. The first-order valence-electron chi connectivity index (χ1n) is 6.89. The second-order valence-electron chi connectivity index (χ2n) is 4.76. The van der Waals surface area contributed by atoms with E-state index in [0.717, 1.165) is 16.7 Å². The number of carbonyl (C=O) groups excluding carboxylic acids is 1. The van der Waals surface area contributed by atoms with Gasteiger partial charge in [-0.1, -0.05) is 18.2 Å². The van der Waals surface area contributed by atoms with Gasteiger partial charge in [0.1, 0.15) is 0 Å². The van der Waals surface area contributed by atoms with Crippen molar-refractivity contribution >= 4 is 17.7 Å². The van der Waals surface area contributed by atoms with Gasteiger partial charge >= 0.3 is 12.1 Å². The number of hydrogen-bond acceptors (Lipinski definition) is 3. The molecule has 0 radical (unpaired) electrons. The molecule has 0 saturated carbocycles. The first-order chi connectivity index (χ1) is 10.5. The number of ether oxygens (including phenoxy) is 1. The Morgan fingerprint density at radius 3 is 2.36 bits per heavy atom. The molecule has 0 unspecified atom stereocenters. The van der Waals surface area contributed by atoms with Crippen molar-refractivity contribution in [2.24, 2.45) is 0 Å². The Morgan fingerprint density at radius 2 is 1.82 bits per heavy atom. The molecule has 0 aromatic heterocycles. The predicted octanol–water partition coefficient (Wildman–Crippen LogP) is 3.93. The summed E-state index contributed by atoms with van der Waals surface area (Å²) in [4.78, 5) is 22.3. The van der Waals surface area contributed by atoms with Gasteiger partial charge in [-0.15, -0.1) is 0 Å². The molecule has 0 aliphatic rings. The Balaban J connectivity index is 2.22. The second-order valence-corrected chi connectivity index (χ2v) is 4.76. The van der Waals surface area contributed by atoms with Gasteiger partial charge in [0.25, 0.3) is 0 Å². The zero-order chi connectivity index (χ0) is 16.1. The molecule has 5 heteroatoms. The summed E-state index contributed by atoms with van der Waals surface area (Å²) in [5, 5.41) is 11.6. The van der Waals surface area contributed by atoms with E-state index in [9.17, 15) is 9.59 Å². The Morgan fingerprint density at radius 1 is 1.14 bits per heavy atom. The van der Waals surface area contributed by atoms with Crippen molar-refractivity contribution in [3.63, 3.8) is 0 Å². The lowest BCUT2D eigenvalue weighted by Gasteiger charge is -2.10. The number of rotatable bonds is 4. The Labute approximate surface area is 128 Å². The molecular weight excluding hydrogens is 282 g/mol. The molecule has 2 rings (SSSR count). The minimum Gasteiger partial charge on any atom is -0.478 e. The lowest BCUT2D eigenvalue weighted by Crippen LogP contribution is -2.13. The van der Waals surface area contributed by atoms with E-state index in [1.807, 2.05) is 19.1 Å². The Bertz CT molecular complexity index is 692. The van der Waals surface area contributed by atoms with Gasteiger partial charge in [0, 0.05) is 5.69 Å². The summed E-state index contributed by atoms with van der Waals surface area (Å²) in [6, 6.07) is 12.2. The van der Waals surface area contributed by atoms with Crippen LogP contribution in [0, 0.1) is 6.92 Å². The SMILES string of the molecule is CCOC(=O)Nc1ccc(-c2ccc(C(=O)O)cc2)c(C)c1. The summed E-state index contributed by atoms with van der Waals surface area (Å²) in [5.41, 5.74) is 3.78. The third-order valence-electron chi connectivity index (χ3n) is 3.19. The molecule has 2 aromatic rings. The smallest absolute Gasteiger partial charge is 0.411 e. The fourth-order valence-corrected chi connectivity index (χ4v) is 2.14. The highest BCUT2D eigenvalue weighted by atomic mass is 16.5. The van der Waals surface area contributed by atoms with Crippen molar-refractivity contribution < 1.29 is 19.4 Å². The highest BCUT2D eigenvalue weighted by Crippen LogP contribution is 2.26. The zero-order valence-corrected chi connectivity index (χ0v) is 12.4. The van der Waals surface area contributed by atoms with Crippen LogP contribution in [0.4, 0.5) is 10.5 Å². The summed E-state index contributed by atoms with van der Waals surface area (Å²) >= 11 is 0. The predicted molar refractivity (Wildman–Crippen MR) is 84.2 cm³/mol. The first kappa shape index (κ1) is 15.6. The molecule has 0 heterocycles. The molecule has 22 heavy (non-hydrogen) atoms. The van der Waals surface area contributed by atoms with Crippen LogP contribution >= 0.6 is 0 Å². The maximum Gasteiger partial charge on any atom is 0.411 e. The summed E-state index contributed by atoms with van der Waals surface area (Å²) in [6.45, 7) is 3.99. The molecule has 5 nitrogen and oxygen atoms in total. The Hall–Kier alpha value is -2.82. The van der Waals surface area contributed by atoms with Gasteiger partial charge in [0.2, 0.25) is 0 Å². The number of aromatic carboxylic acids is 1. The standard InChI is InChI=1S/C17H17NO4/c1-3-22-17(21)18-14-8-9-15(11(2)10-14)12-4-6-13(7-5-12)16(19)20/h4-10H,3H2,1-2H3,(H,18,21)(H,19,20). The van der Waals surface area contributed by atoms with Crippen molar-refractivity contribution in [1.29, 1.82) is 0 Å². The fourth-order valence-electron chi connectivity index (χ4n) is 2.14. The zero-order valence-electron chi connectivity index (χ0n) is 12.4. The summed E-state index contributed by atoms with van der Waals surface area (Å²) < 4.78 is 4.83. The number of anilines is 1. The van der Waals surface area contributed by atoms with E-state index >= 15 is 0 Å². The average Bonchev–Trinajstić information content (AvgIpc) is 2.47. The highest BCUT2D eigenvalue weighted by molar-refractivity contribution is 5.89. The molecule has 0 bridgehead atoms. The largest absolute Gasteiger partial charge is 0.478 e. The van der Waals surface area contributed by atoms with E-state index in [4.69, 9.17) is 9.84 Å². The maximum absolute atomic E-state index is 11.4. The van der Waals surface area contributed by atoms with E-state index in [0.29, 0.717) is 12.3 Å². The third kappa shape index (κ3) is 3.63. The molecule has 1 amide bonds. The van der Waals surface area contributed by atoms with Crippen LogP contribution in [0.2, 0.25) is 0 Å². The summed E-state index contributed by atoms with van der Waals surface area (Å²) in [6.07, 6.45) is -0.486. The molecule has 0 saturated heterocycles. The number of carboxylic acid groups (broad SMARTS) is 1. The van der Waals surface area contributed by atoms with Crippen LogP contribution in [0.25, 0.3) is 11.1 Å². The summed E-state index contributed by atoms with van der Waals surface area (Å²) in [5.74, 6) is -0.947. The minimum atomic E-state index is -0.947. The van der Waals surface area contributed by atoms with Gasteiger partial charge in [-0.25, -0.2) is 9.59 Å². The van der Waals surface area contributed by atoms with Crippen molar-refractivity contribution in [2.75, 3.05) is 11.9 Å². The van der Waals surface area contributed by atoms with Crippen LogP contribution in [0.1, 0.15) is 22.8 Å². The molecule has 0 fully saturated rings. The molecule has 2 aromatic carbocycles. The van der Waals surface area contributed by atoms with Crippen LogP contribution in [0.15, 0.2) is 42.5 Å². The van der Waals surface area contributed by atoms with Gasteiger partial charge in [-0.2, -0.15) is 0 Å². The number of hydrogen-bond donors (Lipinski definition) is 2. The fraction of sp³-hybridized carbons (Fsp3) is 0.176. The van der Waals surface area contributed by atoms with E-state index < -0.39 is 12.1 Å². The quantitative estimate of drug-likeness (QED) is 0.897. The lowest BCUT2D eigenvalue weighted by molar-refractivity contribution is 0.0697. The molecule has 114 valence electrons. The number of carboxylic acids is 1. The number of benzene rings is 2. The molecule has 0 atom stereocenters. The Kier molecular flexibility index (Phi) is 4.78. The first-order valence-corrected chi connectivity index (χ1v) is 6.89. The van der Waals surface area contributed by atoms with E-state index in [1.54, 1.807) is 37.3 Å². The van der Waals surface area contributed by atoms with Gasteiger partial charge in [0.05, 0.1) is 12.2 Å². The van der Waals surface area contributed by atoms with Crippen molar-refractivity contribution in [3.8, 4) is 11.1 Å². The van der Waals surface area contributed by atoms with E-state index in [-0.39, 0.29) is 5.56 Å². The molecule has 0 spiro atoms. The monoisotopic (exact) mass is 299 g/mol. The molecule has 0 aliphatic heterocycles. The molecular formula is C17H17NO4. The van der Waals surface area contributed by atoms with Crippen LogP contribution in [0.3, 0.4) is 0 Å². The topological polar surface area (TPSA) is 75.6 Å². The number of nitrogens with one attached hydrogen (secondary N) is 1. The van der Waals surface area contributed by atoms with Gasteiger partial charge in [-0.3, -0.25) is 5.32 Å². The van der Waals surface area contributed by atoms with Gasteiger partial charge in [-0.05, 0) is 54.8 Å². The minimum absolute atomic E-state index is 0.252. The third-order valence-corrected chi connectivity index (χ3v) is 3.19. The van der Waals surface area contributed by atoms with Crippen LogP contribution < -0.4 is 5.32 Å². The van der Waals surface area contributed by atoms with Crippen LogP contribution in [-0.2, 0) is 4.74 Å². The second kappa shape index (κ2) is 6.76. The molecule has 2 N–H and O–H groups in total. The molecule has 0 aliphatic carbocycles. The maximum atomic E-state index is 11.4. The normalized spacial score (nSPS) is 10.1. The van der Waals surface area contributed by atoms with Crippen LogP contribution in [-0.4, -0.2) is 23.8 Å². The lowest BCUT2D eigenvalue weighted by atomic mass is 9.99. The van der Waals surface area contributed by atoms with Gasteiger partial charge < -0.3 is 9.84 Å². The summed E-state index contributed by atoms with van der Waals surface area (Å²) in [7, 11) is 0. The van der Waals surface area contributed by atoms with Crippen LogP contribution in [0.5, 0.6) is 0 Å². The number of carbonyl (C=O) groups is 2. The number of amides is 1. The van der Waals surface area contributed by atoms with Crippen molar-refractivity contribution in [2.45, 2.75) is 13.8 Å². The van der Waals surface area contributed by atoms with Crippen molar-refractivity contribution in [3.05, 3.63) is 53.6 Å². The van der Waals surface area contributed by atoms with E-state index in [1.165, 1.54) is 0 Å². The van der Waals surface area contributed by atoms with Crippen molar-refractivity contribution in [1.82, 2.24) is 0 Å². The van der Waals surface area contributed by atoms with Gasteiger partial charge in [0.15, 0.2) is 0 Å². The average molecular weight is 299 g/mol. The highest BCUT2D eigenvalue weighted by Gasteiger charge is 2.07. The van der Waals surface area contributed by atoms with E-state index in [2.05, 4.69) is 5.32 Å².